The van der Waals surface area contributed by atoms with Crippen LogP contribution in [-0.4, -0.2) is 36.1 Å². The lowest BCUT2D eigenvalue weighted by Crippen LogP contribution is -2.17. The summed E-state index contributed by atoms with van der Waals surface area (Å²) in [5.74, 6) is -0.281. The van der Waals surface area contributed by atoms with Crippen molar-refractivity contribution < 1.29 is 4.79 Å². The zero-order valence-corrected chi connectivity index (χ0v) is 12.8. The Morgan fingerprint density at radius 2 is 2.24 bits per heavy atom. The van der Waals surface area contributed by atoms with Crippen molar-refractivity contribution in [1.29, 1.82) is 0 Å². The van der Waals surface area contributed by atoms with E-state index in [9.17, 15) is 4.79 Å². The van der Waals surface area contributed by atoms with Crippen molar-refractivity contribution in [2.24, 2.45) is 5.73 Å². The predicted molar refractivity (Wildman–Crippen MR) is 85.0 cm³/mol. The van der Waals surface area contributed by atoms with E-state index in [1.165, 1.54) is 0 Å². The number of nitrogens with one attached hydrogen (secondary N) is 1. The van der Waals surface area contributed by atoms with Gasteiger partial charge in [-0.05, 0) is 12.1 Å². The van der Waals surface area contributed by atoms with E-state index in [2.05, 4.69) is 10.3 Å². The number of rotatable bonds is 5. The number of nitrogens with zero attached hydrogens (tertiary/aromatic N) is 3. The highest BCUT2D eigenvalue weighted by molar-refractivity contribution is 6.34. The number of anilines is 2. The summed E-state index contributed by atoms with van der Waals surface area (Å²) in [7, 11) is 3.74. The minimum Gasteiger partial charge on any atom is -0.375 e. The number of imidazole rings is 1. The zero-order chi connectivity index (χ0) is 15.4. The van der Waals surface area contributed by atoms with Gasteiger partial charge in [0.05, 0.1) is 22.7 Å². The number of hydrogen-bond acceptors (Lipinski definition) is 4. The highest BCUT2D eigenvalue weighted by atomic mass is 35.5. The van der Waals surface area contributed by atoms with Crippen LogP contribution in [-0.2, 0) is 6.54 Å². The molecule has 0 unspecified atom stereocenters. The summed E-state index contributed by atoms with van der Waals surface area (Å²) in [5, 5.41) is 3.41. The molecule has 6 nitrogen and oxygen atoms in total. The third-order valence-corrected chi connectivity index (χ3v) is 3.24. The van der Waals surface area contributed by atoms with E-state index in [0.29, 0.717) is 29.5 Å². The summed E-state index contributed by atoms with van der Waals surface area (Å²) >= 11 is 6.17. The maximum atomic E-state index is 12.2. The Morgan fingerprint density at radius 1 is 1.48 bits per heavy atom. The minimum atomic E-state index is -0.281. The molecule has 0 saturated carbocycles. The maximum absolute atomic E-state index is 12.2. The Balaban J connectivity index is 2.21. The lowest BCUT2D eigenvalue weighted by Gasteiger charge is -2.19. The van der Waals surface area contributed by atoms with E-state index < -0.39 is 0 Å². The highest BCUT2D eigenvalue weighted by Crippen LogP contribution is 2.32. The SMILES string of the molecule is CN(C)c1c(Cl)cccc1NC(=O)c1cn(CCN)cn1. The Labute approximate surface area is 128 Å². The van der Waals surface area contributed by atoms with Gasteiger partial charge < -0.3 is 20.5 Å². The number of hydrogen-bond donors (Lipinski definition) is 2. The Morgan fingerprint density at radius 3 is 2.90 bits per heavy atom. The average Bonchev–Trinajstić information content (AvgIpc) is 2.87. The molecule has 1 heterocycles. The molecule has 3 N–H and O–H groups in total. The second-order valence-electron chi connectivity index (χ2n) is 4.77. The highest BCUT2D eigenvalue weighted by Gasteiger charge is 2.14. The molecule has 0 saturated heterocycles. The van der Waals surface area contributed by atoms with Gasteiger partial charge in [0.2, 0.25) is 0 Å². The molecule has 2 rings (SSSR count). The Hall–Kier alpha value is -2.05. The summed E-state index contributed by atoms with van der Waals surface area (Å²) in [6, 6.07) is 5.37. The van der Waals surface area contributed by atoms with Crippen LogP contribution in [0, 0.1) is 0 Å². The Bertz CT molecular complexity index is 638. The van der Waals surface area contributed by atoms with Crippen LogP contribution in [0.1, 0.15) is 10.5 Å². The van der Waals surface area contributed by atoms with E-state index in [1.54, 1.807) is 35.3 Å². The Kier molecular flexibility index (Phi) is 4.82. The molecule has 1 aromatic carbocycles. The van der Waals surface area contributed by atoms with Crippen molar-refractivity contribution in [2.45, 2.75) is 6.54 Å². The quantitative estimate of drug-likeness (QED) is 0.883. The number of carbonyl (C=O) groups excluding carboxylic acids is 1. The van der Waals surface area contributed by atoms with E-state index in [0.717, 1.165) is 5.69 Å². The van der Waals surface area contributed by atoms with E-state index in [4.69, 9.17) is 17.3 Å². The van der Waals surface area contributed by atoms with Crippen molar-refractivity contribution in [3.8, 4) is 0 Å². The fourth-order valence-corrected chi connectivity index (χ4v) is 2.35. The van der Waals surface area contributed by atoms with Crippen LogP contribution in [0.5, 0.6) is 0 Å². The van der Waals surface area contributed by atoms with Crippen LogP contribution >= 0.6 is 11.6 Å². The molecule has 0 fully saturated rings. The monoisotopic (exact) mass is 307 g/mol. The van der Waals surface area contributed by atoms with Crippen LogP contribution in [0.15, 0.2) is 30.7 Å². The summed E-state index contributed by atoms with van der Waals surface area (Å²) in [6.45, 7) is 1.12. The van der Waals surface area contributed by atoms with Crippen molar-refractivity contribution in [1.82, 2.24) is 9.55 Å². The van der Waals surface area contributed by atoms with Gasteiger partial charge in [0.1, 0.15) is 5.69 Å². The molecule has 0 radical (unpaired) electrons. The van der Waals surface area contributed by atoms with Crippen LogP contribution < -0.4 is 16.0 Å². The first kappa shape index (κ1) is 15.3. The van der Waals surface area contributed by atoms with Crippen LogP contribution in [0.4, 0.5) is 11.4 Å². The fourth-order valence-electron chi connectivity index (χ4n) is 2.01. The summed E-state index contributed by atoms with van der Waals surface area (Å²) < 4.78 is 1.78. The van der Waals surface area contributed by atoms with Gasteiger partial charge in [-0.2, -0.15) is 0 Å². The number of halogens is 1. The second-order valence-corrected chi connectivity index (χ2v) is 5.18. The third-order valence-electron chi connectivity index (χ3n) is 2.94. The number of amides is 1. The predicted octanol–water partition coefficient (Wildman–Crippen LogP) is 1.81. The summed E-state index contributed by atoms with van der Waals surface area (Å²) in [4.78, 5) is 18.2. The van der Waals surface area contributed by atoms with Gasteiger partial charge in [-0.15, -0.1) is 0 Å². The topological polar surface area (TPSA) is 76.2 Å². The van der Waals surface area contributed by atoms with Crippen molar-refractivity contribution in [3.05, 3.63) is 41.4 Å². The van der Waals surface area contributed by atoms with Crippen molar-refractivity contribution in [3.63, 3.8) is 0 Å². The molecular weight excluding hydrogens is 290 g/mol. The van der Waals surface area contributed by atoms with Crippen molar-refractivity contribution >= 4 is 28.9 Å². The van der Waals surface area contributed by atoms with Gasteiger partial charge in [0.15, 0.2) is 0 Å². The molecule has 112 valence electrons. The van der Waals surface area contributed by atoms with Gasteiger partial charge in [0, 0.05) is 33.4 Å². The van der Waals surface area contributed by atoms with Gasteiger partial charge in [-0.25, -0.2) is 4.98 Å². The van der Waals surface area contributed by atoms with E-state index >= 15 is 0 Å². The second kappa shape index (κ2) is 6.60. The number of nitrogens with two attached hydrogens (primary N) is 1. The largest absolute Gasteiger partial charge is 0.375 e. The first-order valence-corrected chi connectivity index (χ1v) is 6.89. The van der Waals surface area contributed by atoms with Crippen molar-refractivity contribution in [2.75, 3.05) is 30.9 Å². The summed E-state index contributed by atoms with van der Waals surface area (Å²) in [6.07, 6.45) is 3.26. The summed E-state index contributed by atoms with van der Waals surface area (Å²) in [5.41, 5.74) is 7.21. The molecule has 7 heteroatoms. The number of para-hydroxylation sites is 1. The molecule has 2 aromatic rings. The van der Waals surface area contributed by atoms with Crippen LogP contribution in [0.25, 0.3) is 0 Å². The molecule has 0 atom stereocenters. The first-order valence-electron chi connectivity index (χ1n) is 6.52. The molecule has 1 amide bonds. The standard InChI is InChI=1S/C14H18ClN5O/c1-19(2)13-10(15)4-3-5-11(13)18-14(21)12-8-20(7-6-16)9-17-12/h3-5,8-9H,6-7,16H2,1-2H3,(H,18,21). The van der Waals surface area contributed by atoms with E-state index in [-0.39, 0.29) is 5.91 Å². The molecule has 21 heavy (non-hydrogen) atoms. The van der Waals surface area contributed by atoms with Gasteiger partial charge in [-0.1, -0.05) is 17.7 Å². The molecule has 0 bridgehead atoms. The van der Waals surface area contributed by atoms with Gasteiger partial charge in [0.25, 0.3) is 5.91 Å². The molecule has 1 aromatic heterocycles. The van der Waals surface area contributed by atoms with Gasteiger partial charge >= 0.3 is 0 Å². The molecule has 0 aliphatic heterocycles. The fraction of sp³-hybridized carbons (Fsp3) is 0.286. The van der Waals surface area contributed by atoms with Gasteiger partial charge in [-0.3, -0.25) is 4.79 Å². The number of aromatic nitrogens is 2. The lowest BCUT2D eigenvalue weighted by atomic mass is 10.2. The van der Waals surface area contributed by atoms with E-state index in [1.807, 2.05) is 19.0 Å². The van der Waals surface area contributed by atoms with Crippen LogP contribution in [0.3, 0.4) is 0 Å². The lowest BCUT2D eigenvalue weighted by molar-refractivity contribution is 0.102. The smallest absolute Gasteiger partial charge is 0.275 e. The first-order chi connectivity index (χ1) is 10.0. The molecule has 0 aliphatic carbocycles. The number of benzene rings is 1. The molecular formula is C14H18ClN5O. The maximum Gasteiger partial charge on any atom is 0.275 e. The van der Waals surface area contributed by atoms with Crippen LogP contribution in [0.2, 0.25) is 5.02 Å². The normalized spacial score (nSPS) is 10.5. The minimum absolute atomic E-state index is 0.281. The molecule has 0 aliphatic rings. The number of carbonyl (C=O) groups is 1. The molecule has 0 spiro atoms. The third kappa shape index (κ3) is 3.53. The average molecular weight is 308 g/mol. The zero-order valence-electron chi connectivity index (χ0n) is 12.0.